The number of hydroxylamine groups is 2. The van der Waals surface area contributed by atoms with Gasteiger partial charge in [0, 0.05) is 6.54 Å². The summed E-state index contributed by atoms with van der Waals surface area (Å²) in [5.41, 5.74) is 0. The van der Waals surface area contributed by atoms with Gasteiger partial charge in [-0.1, -0.05) is 5.18 Å². The minimum absolute atomic E-state index is 0.167. The summed E-state index contributed by atoms with van der Waals surface area (Å²) in [5, 5.41) is 19.2. The maximum atomic E-state index is 9.48. The first-order valence-electron chi connectivity index (χ1n) is 1.70. The Bertz CT molecular complexity index is 54.9. The van der Waals surface area contributed by atoms with E-state index < -0.39 is 0 Å². The minimum Gasteiger partial charge on any atom is -0.762 e. The largest absolute Gasteiger partial charge is 0.762 e. The number of nitroso groups, excluding NO2 is 1. The Morgan fingerprint density at radius 3 is 2.57 bits per heavy atom. The van der Waals surface area contributed by atoms with Crippen molar-refractivity contribution < 1.29 is 5.21 Å². The van der Waals surface area contributed by atoms with Crippen LogP contribution in [0.5, 0.6) is 0 Å². The molecule has 0 fully saturated rings. The predicted octanol–water partition coefficient (Wildman–Crippen LogP) is -0.0582. The molecule has 0 saturated heterocycles. The fourth-order valence-electron chi connectivity index (χ4n) is 0.126. The number of nitrogens with zero attached hydrogens (tertiary/aromatic N) is 2. The molecular weight excluding hydrogens is 100 g/mol. The van der Waals surface area contributed by atoms with Crippen molar-refractivity contribution in [1.29, 1.82) is 0 Å². The van der Waals surface area contributed by atoms with Gasteiger partial charge in [0.15, 0.2) is 0 Å². The molecule has 0 aromatic carbocycles. The molecule has 0 aliphatic carbocycles. The standard InChI is InChI=1S/C2H5N2O3/c5-3-1-2-4(6)7/h6H,1-2H2/q-1. The molecule has 0 radical (unpaired) electrons. The fourth-order valence-corrected chi connectivity index (χ4v) is 0.126. The molecule has 0 heterocycles. The third kappa shape index (κ3) is 5.48. The van der Waals surface area contributed by atoms with E-state index in [0.29, 0.717) is 0 Å². The molecule has 0 spiro atoms. The van der Waals surface area contributed by atoms with E-state index in [2.05, 4.69) is 5.18 Å². The van der Waals surface area contributed by atoms with Crippen LogP contribution in [0.15, 0.2) is 5.18 Å². The lowest BCUT2D eigenvalue weighted by atomic mass is 10.7. The lowest BCUT2D eigenvalue weighted by Crippen LogP contribution is -2.13. The molecule has 0 aromatic heterocycles. The first-order chi connectivity index (χ1) is 3.27. The van der Waals surface area contributed by atoms with Crippen LogP contribution in [0.3, 0.4) is 0 Å². The van der Waals surface area contributed by atoms with Crippen molar-refractivity contribution in [2.24, 2.45) is 5.18 Å². The van der Waals surface area contributed by atoms with Crippen LogP contribution in [0.4, 0.5) is 0 Å². The second kappa shape index (κ2) is 3.66. The third-order valence-corrected chi connectivity index (χ3v) is 0.383. The average molecular weight is 105 g/mol. The molecule has 42 valence electrons. The van der Waals surface area contributed by atoms with Crippen molar-refractivity contribution >= 4 is 0 Å². The van der Waals surface area contributed by atoms with E-state index in [1.165, 1.54) is 0 Å². The average Bonchev–Trinajstić information content (AvgIpc) is 1.61. The summed E-state index contributed by atoms with van der Waals surface area (Å²) < 4.78 is 0. The zero-order valence-corrected chi connectivity index (χ0v) is 3.57. The Hall–Kier alpha value is -0.520. The van der Waals surface area contributed by atoms with E-state index in [4.69, 9.17) is 5.21 Å². The number of hydrogen-bond donors (Lipinski definition) is 1. The molecule has 0 aromatic rings. The van der Waals surface area contributed by atoms with Crippen LogP contribution in [-0.2, 0) is 0 Å². The van der Waals surface area contributed by atoms with Crippen LogP contribution in [0.1, 0.15) is 0 Å². The highest BCUT2D eigenvalue weighted by molar-refractivity contribution is 4.44. The van der Waals surface area contributed by atoms with Gasteiger partial charge in [-0.3, -0.25) is 5.23 Å². The van der Waals surface area contributed by atoms with Crippen LogP contribution in [0, 0.1) is 10.1 Å². The molecule has 0 aliphatic heterocycles. The van der Waals surface area contributed by atoms with Crippen molar-refractivity contribution in [3.05, 3.63) is 10.1 Å². The smallest absolute Gasteiger partial charge is 0.0950 e. The van der Waals surface area contributed by atoms with Gasteiger partial charge in [-0.05, 0) is 0 Å². The molecule has 0 saturated carbocycles. The Kier molecular flexibility index (Phi) is 3.39. The monoisotopic (exact) mass is 105 g/mol. The summed E-state index contributed by atoms with van der Waals surface area (Å²) in [4.78, 5) is 9.18. The van der Waals surface area contributed by atoms with Crippen LogP contribution in [0.25, 0.3) is 0 Å². The molecule has 5 nitrogen and oxygen atoms in total. The van der Waals surface area contributed by atoms with Crippen molar-refractivity contribution in [3.8, 4) is 0 Å². The van der Waals surface area contributed by atoms with Crippen molar-refractivity contribution in [2.45, 2.75) is 0 Å². The quantitative estimate of drug-likeness (QED) is 0.403. The summed E-state index contributed by atoms with van der Waals surface area (Å²) in [5.74, 6) is 0. The van der Waals surface area contributed by atoms with Gasteiger partial charge >= 0.3 is 0 Å². The minimum atomic E-state index is -0.332. The second-order valence-electron chi connectivity index (χ2n) is 0.928. The first kappa shape index (κ1) is 6.48. The summed E-state index contributed by atoms with van der Waals surface area (Å²) in [7, 11) is 0. The molecular formula is C2H5N2O3-. The summed E-state index contributed by atoms with van der Waals surface area (Å²) in [6, 6.07) is 0. The van der Waals surface area contributed by atoms with E-state index in [-0.39, 0.29) is 18.3 Å². The molecule has 0 rings (SSSR count). The number of hydrogen-bond acceptors (Lipinski definition) is 5. The Morgan fingerprint density at radius 2 is 2.43 bits per heavy atom. The molecule has 1 N–H and O–H groups in total. The lowest BCUT2D eigenvalue weighted by Gasteiger charge is -2.15. The molecule has 0 aliphatic rings. The molecule has 0 atom stereocenters. The number of rotatable bonds is 3. The predicted molar refractivity (Wildman–Crippen MR) is 22.5 cm³/mol. The normalized spacial score (nSPS) is 9.57. The van der Waals surface area contributed by atoms with Gasteiger partial charge in [-0.15, -0.1) is 0 Å². The zero-order chi connectivity index (χ0) is 5.70. The summed E-state index contributed by atoms with van der Waals surface area (Å²) in [6.07, 6.45) is 0. The summed E-state index contributed by atoms with van der Waals surface area (Å²) >= 11 is 0. The van der Waals surface area contributed by atoms with E-state index in [9.17, 15) is 10.1 Å². The highest BCUT2D eigenvalue weighted by atomic mass is 16.8. The Balaban J connectivity index is 2.81. The van der Waals surface area contributed by atoms with E-state index in [1.807, 2.05) is 0 Å². The molecule has 0 bridgehead atoms. The maximum absolute atomic E-state index is 9.48. The van der Waals surface area contributed by atoms with Gasteiger partial charge in [-0.2, -0.15) is 4.91 Å². The third-order valence-electron chi connectivity index (χ3n) is 0.383. The lowest BCUT2D eigenvalue weighted by molar-refractivity contribution is -0.0371. The van der Waals surface area contributed by atoms with Crippen LogP contribution < -0.4 is 0 Å². The van der Waals surface area contributed by atoms with Crippen molar-refractivity contribution in [3.63, 3.8) is 0 Å². The van der Waals surface area contributed by atoms with Gasteiger partial charge in [0.25, 0.3) is 0 Å². The van der Waals surface area contributed by atoms with E-state index in [1.54, 1.807) is 0 Å². The maximum Gasteiger partial charge on any atom is 0.0950 e. The topological polar surface area (TPSA) is 76.0 Å². The van der Waals surface area contributed by atoms with Crippen LogP contribution in [0.2, 0.25) is 0 Å². The molecule has 0 unspecified atom stereocenters. The highest BCUT2D eigenvalue weighted by Gasteiger charge is 1.80. The van der Waals surface area contributed by atoms with Gasteiger partial charge in [0.05, 0.1) is 6.54 Å². The van der Waals surface area contributed by atoms with E-state index >= 15 is 0 Å². The summed E-state index contributed by atoms with van der Waals surface area (Å²) in [6.45, 7) is -0.413. The molecule has 7 heavy (non-hydrogen) atoms. The van der Waals surface area contributed by atoms with Crippen LogP contribution >= 0.6 is 0 Å². The van der Waals surface area contributed by atoms with Crippen LogP contribution in [-0.4, -0.2) is 23.5 Å². The fraction of sp³-hybridized carbons (Fsp3) is 1.00. The van der Waals surface area contributed by atoms with Gasteiger partial charge in [-0.25, -0.2) is 0 Å². The first-order valence-corrected chi connectivity index (χ1v) is 1.70. The highest BCUT2D eigenvalue weighted by Crippen LogP contribution is 1.73. The van der Waals surface area contributed by atoms with Gasteiger partial charge in [0.2, 0.25) is 0 Å². The van der Waals surface area contributed by atoms with E-state index in [0.717, 1.165) is 0 Å². The second-order valence-corrected chi connectivity index (χ2v) is 0.928. The zero-order valence-electron chi connectivity index (χ0n) is 3.57. The molecule has 5 heteroatoms. The SMILES string of the molecule is O=NCCN([O-])O. The van der Waals surface area contributed by atoms with Crippen molar-refractivity contribution in [1.82, 2.24) is 5.23 Å². The Labute approximate surface area is 40.1 Å². The van der Waals surface area contributed by atoms with Gasteiger partial charge < -0.3 is 10.4 Å². The Morgan fingerprint density at radius 1 is 1.86 bits per heavy atom. The molecule has 0 amide bonds. The van der Waals surface area contributed by atoms with Gasteiger partial charge in [0.1, 0.15) is 0 Å². The van der Waals surface area contributed by atoms with Crippen molar-refractivity contribution in [2.75, 3.05) is 13.1 Å².